The first-order chi connectivity index (χ1) is 16.0. The van der Waals surface area contributed by atoms with Gasteiger partial charge in [0.25, 0.3) is 5.91 Å². The first-order valence-electron chi connectivity index (χ1n) is 10.5. The van der Waals surface area contributed by atoms with Gasteiger partial charge in [-0.2, -0.15) is 18.3 Å². The normalized spacial score (nSPS) is 15.4. The Hall–Kier alpha value is -2.44. The fraction of sp³-hybridized carbons (Fsp3) is 0.476. The van der Waals surface area contributed by atoms with Crippen LogP contribution in [0.4, 0.5) is 18.9 Å². The highest BCUT2D eigenvalue weighted by Crippen LogP contribution is 2.33. The van der Waals surface area contributed by atoms with Gasteiger partial charge in [-0.1, -0.05) is 30.5 Å². The highest BCUT2D eigenvalue weighted by atomic mass is 35.5. The van der Waals surface area contributed by atoms with Gasteiger partial charge >= 0.3 is 6.18 Å². The van der Waals surface area contributed by atoms with Gasteiger partial charge in [0.1, 0.15) is 12.2 Å². The summed E-state index contributed by atoms with van der Waals surface area (Å²) in [5, 5.41) is 9.85. The molecule has 0 atom stereocenters. The van der Waals surface area contributed by atoms with Gasteiger partial charge < -0.3 is 15.5 Å². The number of rotatable bonds is 9. The largest absolute Gasteiger partial charge is 0.416 e. The number of benzene rings is 1. The highest BCUT2D eigenvalue weighted by molar-refractivity contribution is 7.96. The van der Waals surface area contributed by atoms with Crippen molar-refractivity contribution in [3.8, 4) is 0 Å². The summed E-state index contributed by atoms with van der Waals surface area (Å²) in [6.45, 7) is 7.57. The number of anilines is 1. The molecule has 1 heterocycles. The number of carbonyl (C=O) groups is 2. The number of allylic oxidation sites excluding steroid dienone is 1. The molecule has 1 saturated heterocycles. The molecule has 1 aliphatic rings. The van der Waals surface area contributed by atoms with Crippen LogP contribution in [0.3, 0.4) is 0 Å². The zero-order valence-electron chi connectivity index (χ0n) is 19.2. The highest BCUT2D eigenvalue weighted by Gasteiger charge is 2.32. The lowest BCUT2D eigenvalue weighted by Gasteiger charge is -2.37. The van der Waals surface area contributed by atoms with Crippen LogP contribution in [-0.4, -0.2) is 78.8 Å². The summed E-state index contributed by atoms with van der Waals surface area (Å²) in [7, 11) is 1.72. The molecule has 0 saturated carbocycles. The van der Waals surface area contributed by atoms with Crippen LogP contribution >= 0.6 is 23.5 Å². The predicted molar refractivity (Wildman–Crippen MR) is 129 cm³/mol. The number of halogens is 4. The molecule has 1 aromatic rings. The van der Waals surface area contributed by atoms with E-state index in [0.717, 1.165) is 36.3 Å². The van der Waals surface area contributed by atoms with Crippen LogP contribution in [-0.2, 0) is 15.8 Å². The Balaban J connectivity index is 2.18. The minimum atomic E-state index is -4.56. The van der Waals surface area contributed by atoms with E-state index in [1.807, 2.05) is 18.1 Å². The SMILES string of the molecule is C=NN(CC(=O)Nc1ccc(C(F)(F)F)cc1Cl)C(=O)/C(=C(/CC)NC)N1CCN(SC)CC1. The predicted octanol–water partition coefficient (Wildman–Crippen LogP) is 3.48. The van der Waals surface area contributed by atoms with Gasteiger partial charge in [0.15, 0.2) is 0 Å². The lowest BCUT2D eigenvalue weighted by Crippen LogP contribution is -2.48. The van der Waals surface area contributed by atoms with Crippen molar-refractivity contribution < 1.29 is 22.8 Å². The van der Waals surface area contributed by atoms with Crippen molar-refractivity contribution in [1.29, 1.82) is 0 Å². The quantitative estimate of drug-likeness (QED) is 0.225. The molecule has 188 valence electrons. The molecule has 0 bridgehead atoms. The Kier molecular flexibility index (Phi) is 10.1. The van der Waals surface area contributed by atoms with Crippen molar-refractivity contribution in [2.75, 3.05) is 51.3 Å². The standard InChI is InChI=1S/C21H28ClF3N6O2S/c1-5-16(26-2)19(29-8-10-30(34-4)11-9-29)20(33)31(27-3)13-18(32)28-17-7-6-14(12-15(17)22)21(23,24)25/h6-7,12,26H,3,5,8-11,13H2,1-2,4H3,(H,28,32)/b19-16+. The van der Waals surface area contributed by atoms with E-state index in [0.29, 0.717) is 30.9 Å². The average molecular weight is 521 g/mol. The third-order valence-electron chi connectivity index (χ3n) is 5.23. The van der Waals surface area contributed by atoms with Crippen LogP contribution in [0, 0.1) is 0 Å². The summed E-state index contributed by atoms with van der Waals surface area (Å²) in [5.41, 5.74) is 0.154. The summed E-state index contributed by atoms with van der Waals surface area (Å²) in [6.07, 6.45) is -2.01. The molecule has 34 heavy (non-hydrogen) atoms. The van der Waals surface area contributed by atoms with Gasteiger partial charge in [-0.05, 0) is 30.9 Å². The number of hydrazone groups is 1. The Morgan fingerprint density at radius 2 is 1.91 bits per heavy atom. The molecule has 0 aromatic heterocycles. The molecule has 2 amide bonds. The van der Waals surface area contributed by atoms with E-state index < -0.39 is 30.1 Å². The fourth-order valence-electron chi connectivity index (χ4n) is 3.44. The third-order valence-corrected chi connectivity index (χ3v) is 6.42. The Bertz CT molecular complexity index is 930. The minimum absolute atomic E-state index is 0.00967. The topological polar surface area (TPSA) is 80.3 Å². The van der Waals surface area contributed by atoms with E-state index >= 15 is 0 Å². The zero-order chi connectivity index (χ0) is 25.5. The third kappa shape index (κ3) is 7.03. The molecule has 8 nitrogen and oxygen atoms in total. The van der Waals surface area contributed by atoms with Crippen molar-refractivity contribution in [3.63, 3.8) is 0 Å². The van der Waals surface area contributed by atoms with E-state index in [4.69, 9.17) is 11.6 Å². The number of amides is 2. The maximum absolute atomic E-state index is 13.4. The average Bonchev–Trinajstić information content (AvgIpc) is 2.81. The first-order valence-corrected chi connectivity index (χ1v) is 12.0. The maximum atomic E-state index is 13.4. The Morgan fingerprint density at radius 3 is 2.38 bits per heavy atom. The number of nitrogens with zero attached hydrogens (tertiary/aromatic N) is 4. The van der Waals surface area contributed by atoms with Crippen LogP contribution in [0.25, 0.3) is 0 Å². The van der Waals surface area contributed by atoms with Gasteiger partial charge in [0.05, 0.1) is 16.3 Å². The van der Waals surface area contributed by atoms with Crippen LogP contribution in [0.5, 0.6) is 0 Å². The van der Waals surface area contributed by atoms with E-state index in [-0.39, 0.29) is 10.7 Å². The molecule has 2 N–H and O–H groups in total. The summed E-state index contributed by atoms with van der Waals surface area (Å²) >= 11 is 7.54. The van der Waals surface area contributed by atoms with E-state index in [9.17, 15) is 22.8 Å². The fourth-order valence-corrected chi connectivity index (χ4v) is 4.20. The van der Waals surface area contributed by atoms with E-state index in [2.05, 4.69) is 26.8 Å². The molecular weight excluding hydrogens is 493 g/mol. The number of alkyl halides is 3. The van der Waals surface area contributed by atoms with Gasteiger partial charge in [-0.15, -0.1) is 0 Å². The second-order valence-electron chi connectivity index (χ2n) is 7.27. The monoisotopic (exact) mass is 520 g/mol. The molecular formula is C21H28ClF3N6O2S. The summed E-state index contributed by atoms with van der Waals surface area (Å²) < 4.78 is 40.7. The molecule has 13 heteroatoms. The number of piperazine rings is 1. The van der Waals surface area contributed by atoms with E-state index in [1.165, 1.54) is 0 Å². The zero-order valence-corrected chi connectivity index (χ0v) is 20.8. The second kappa shape index (κ2) is 12.3. The second-order valence-corrected chi connectivity index (χ2v) is 8.56. The number of carbonyl (C=O) groups excluding carboxylic acids is 2. The smallest absolute Gasteiger partial charge is 0.390 e. The van der Waals surface area contributed by atoms with Crippen molar-refractivity contribution >= 4 is 47.8 Å². The summed E-state index contributed by atoms with van der Waals surface area (Å²) in [5.74, 6) is -1.19. The molecule has 1 aliphatic heterocycles. The van der Waals surface area contributed by atoms with Crippen LogP contribution in [0.2, 0.25) is 5.02 Å². The van der Waals surface area contributed by atoms with Crippen molar-refractivity contribution in [3.05, 3.63) is 40.2 Å². The Labute approximate surface area is 206 Å². The van der Waals surface area contributed by atoms with Gasteiger partial charge in [0, 0.05) is 45.6 Å². The number of hydrogen-bond donors (Lipinski definition) is 2. The lowest BCUT2D eigenvalue weighted by molar-refractivity contribution is -0.137. The Morgan fingerprint density at radius 1 is 1.26 bits per heavy atom. The summed E-state index contributed by atoms with van der Waals surface area (Å²) in [6, 6.07) is 2.59. The lowest BCUT2D eigenvalue weighted by atomic mass is 10.2. The molecule has 0 unspecified atom stereocenters. The van der Waals surface area contributed by atoms with Crippen molar-refractivity contribution in [2.45, 2.75) is 19.5 Å². The molecule has 1 aromatic carbocycles. The molecule has 2 rings (SSSR count). The molecule has 1 fully saturated rings. The van der Waals surface area contributed by atoms with Gasteiger partial charge in [-0.25, -0.2) is 9.31 Å². The van der Waals surface area contributed by atoms with Gasteiger partial charge in [0.2, 0.25) is 5.91 Å². The van der Waals surface area contributed by atoms with Crippen LogP contribution in [0.1, 0.15) is 18.9 Å². The minimum Gasteiger partial charge on any atom is -0.390 e. The summed E-state index contributed by atoms with van der Waals surface area (Å²) in [4.78, 5) is 27.9. The molecule has 0 spiro atoms. The van der Waals surface area contributed by atoms with Crippen molar-refractivity contribution in [2.24, 2.45) is 5.10 Å². The maximum Gasteiger partial charge on any atom is 0.416 e. The molecule has 0 aliphatic carbocycles. The number of nitrogens with one attached hydrogen (secondary N) is 2. The van der Waals surface area contributed by atoms with Gasteiger partial charge in [-0.3, -0.25) is 9.59 Å². The van der Waals surface area contributed by atoms with Crippen LogP contribution < -0.4 is 10.6 Å². The first kappa shape index (κ1) is 27.8. The molecule has 0 radical (unpaired) electrons. The van der Waals surface area contributed by atoms with E-state index in [1.54, 1.807) is 19.0 Å². The van der Waals surface area contributed by atoms with Crippen LogP contribution in [0.15, 0.2) is 34.7 Å². The number of hydrogen-bond acceptors (Lipinski definition) is 7. The van der Waals surface area contributed by atoms with Crippen molar-refractivity contribution in [1.82, 2.24) is 19.5 Å².